The Balaban J connectivity index is 1.51. The molecule has 164 valence electrons. The van der Waals surface area contributed by atoms with E-state index in [1.165, 1.54) is 25.9 Å². The number of aryl methyl sites for hydroxylation is 1. The number of para-hydroxylation sites is 1. The Morgan fingerprint density at radius 2 is 2.03 bits per heavy atom. The van der Waals surface area contributed by atoms with Gasteiger partial charge in [-0.2, -0.15) is 0 Å². The van der Waals surface area contributed by atoms with Gasteiger partial charge in [-0.1, -0.05) is 25.1 Å². The summed E-state index contributed by atoms with van der Waals surface area (Å²) >= 11 is 0. The Morgan fingerprint density at radius 1 is 1.27 bits per heavy atom. The average molecular weight is 414 g/mol. The number of nitrogens with zero attached hydrogens (tertiary/aromatic N) is 3. The second-order valence-electron chi connectivity index (χ2n) is 8.20. The zero-order valence-corrected chi connectivity index (χ0v) is 18.4. The highest BCUT2D eigenvalue weighted by Gasteiger charge is 2.23. The second kappa shape index (κ2) is 11.0. The first kappa shape index (κ1) is 22.2. The minimum atomic E-state index is -0.392. The van der Waals surface area contributed by atoms with Crippen LogP contribution in [0.4, 0.5) is 4.79 Å². The zero-order valence-electron chi connectivity index (χ0n) is 18.4. The number of likely N-dealkylation sites (tertiary alicyclic amines) is 1. The number of amides is 2. The number of imidazole rings is 1. The number of carbonyl (C=O) groups is 1. The van der Waals surface area contributed by atoms with Crippen molar-refractivity contribution in [1.29, 1.82) is 0 Å². The van der Waals surface area contributed by atoms with Crippen molar-refractivity contribution in [2.24, 2.45) is 13.0 Å². The van der Waals surface area contributed by atoms with Crippen molar-refractivity contribution in [3.8, 4) is 5.75 Å². The number of benzene rings is 1. The van der Waals surface area contributed by atoms with Gasteiger partial charge in [-0.3, -0.25) is 0 Å². The van der Waals surface area contributed by atoms with Crippen molar-refractivity contribution >= 4 is 6.03 Å². The summed E-state index contributed by atoms with van der Waals surface area (Å²) in [6.07, 6.45) is 8.29. The molecule has 1 fully saturated rings. The van der Waals surface area contributed by atoms with E-state index in [0.29, 0.717) is 6.54 Å². The Labute approximate surface area is 179 Å². The number of aromatic nitrogens is 2. The lowest BCUT2D eigenvalue weighted by Crippen LogP contribution is -2.40. The van der Waals surface area contributed by atoms with Gasteiger partial charge in [0.15, 0.2) is 0 Å². The monoisotopic (exact) mass is 413 g/mol. The van der Waals surface area contributed by atoms with Crippen LogP contribution in [-0.4, -0.2) is 53.8 Å². The normalized spacial score (nSPS) is 16.2. The molecule has 1 aromatic heterocycles. The number of nitrogens with one attached hydrogen (secondary N) is 2. The Bertz CT molecular complexity index is 798. The standard InChI is InChI=1S/C23H35N5O2/c1-18-10-15-28(16-11-18)14-7-6-12-25-23(29)26-21(22-24-13-17-27(22)2)19-8-4-5-9-20(19)30-3/h4-5,8-9,13,17-18,21H,6-7,10-12,14-16H2,1-3H3,(H2,25,26,29). The van der Waals surface area contributed by atoms with Crippen LogP contribution in [0.5, 0.6) is 5.75 Å². The first-order chi connectivity index (χ1) is 14.6. The summed E-state index contributed by atoms with van der Waals surface area (Å²) < 4.78 is 7.42. The molecule has 0 radical (unpaired) electrons. The molecule has 0 bridgehead atoms. The van der Waals surface area contributed by atoms with Gasteiger partial charge in [0.2, 0.25) is 0 Å². The van der Waals surface area contributed by atoms with Gasteiger partial charge in [-0.25, -0.2) is 9.78 Å². The second-order valence-corrected chi connectivity index (χ2v) is 8.20. The van der Waals surface area contributed by atoms with Gasteiger partial charge in [0.25, 0.3) is 0 Å². The highest BCUT2D eigenvalue weighted by molar-refractivity contribution is 5.75. The fraction of sp³-hybridized carbons (Fsp3) is 0.565. The fourth-order valence-corrected chi connectivity index (χ4v) is 3.97. The van der Waals surface area contributed by atoms with E-state index in [1.54, 1.807) is 13.3 Å². The molecule has 2 aromatic rings. The molecule has 0 saturated carbocycles. The summed E-state index contributed by atoms with van der Waals surface area (Å²) in [7, 11) is 3.56. The van der Waals surface area contributed by atoms with Crippen LogP contribution in [0.25, 0.3) is 0 Å². The predicted octanol–water partition coefficient (Wildman–Crippen LogP) is 3.33. The van der Waals surface area contributed by atoms with Crippen molar-refractivity contribution in [2.75, 3.05) is 33.3 Å². The highest BCUT2D eigenvalue weighted by atomic mass is 16.5. The van der Waals surface area contributed by atoms with Crippen molar-refractivity contribution in [3.05, 3.63) is 48.0 Å². The van der Waals surface area contributed by atoms with Gasteiger partial charge >= 0.3 is 6.03 Å². The lowest BCUT2D eigenvalue weighted by molar-refractivity contribution is 0.189. The molecule has 1 unspecified atom stereocenters. The molecule has 7 heteroatoms. The molecule has 1 aliphatic heterocycles. The zero-order chi connectivity index (χ0) is 21.3. The van der Waals surface area contributed by atoms with Crippen molar-refractivity contribution < 1.29 is 9.53 Å². The molecule has 30 heavy (non-hydrogen) atoms. The first-order valence-electron chi connectivity index (χ1n) is 11.0. The van der Waals surface area contributed by atoms with Gasteiger partial charge in [-0.05, 0) is 57.3 Å². The lowest BCUT2D eigenvalue weighted by Gasteiger charge is -2.30. The quantitative estimate of drug-likeness (QED) is 0.619. The summed E-state index contributed by atoms with van der Waals surface area (Å²) in [5.74, 6) is 2.34. The largest absolute Gasteiger partial charge is 0.496 e. The van der Waals surface area contributed by atoms with Crippen LogP contribution in [0.1, 0.15) is 50.0 Å². The smallest absolute Gasteiger partial charge is 0.315 e. The van der Waals surface area contributed by atoms with E-state index in [9.17, 15) is 4.79 Å². The molecule has 2 amide bonds. The number of unbranched alkanes of at least 4 members (excludes halogenated alkanes) is 1. The van der Waals surface area contributed by atoms with Crippen LogP contribution in [0.15, 0.2) is 36.7 Å². The van der Waals surface area contributed by atoms with Crippen LogP contribution in [-0.2, 0) is 7.05 Å². The maximum Gasteiger partial charge on any atom is 0.315 e. The van der Waals surface area contributed by atoms with Gasteiger partial charge < -0.3 is 24.8 Å². The summed E-state index contributed by atoms with van der Waals surface area (Å²) in [6.45, 7) is 6.53. The van der Waals surface area contributed by atoms with Gasteiger partial charge in [0, 0.05) is 31.5 Å². The number of carbonyl (C=O) groups excluding carboxylic acids is 1. The van der Waals surface area contributed by atoms with Crippen LogP contribution >= 0.6 is 0 Å². The summed E-state index contributed by atoms with van der Waals surface area (Å²) in [5.41, 5.74) is 0.878. The molecular formula is C23H35N5O2. The molecule has 2 N–H and O–H groups in total. The van der Waals surface area contributed by atoms with E-state index in [4.69, 9.17) is 4.74 Å². The number of urea groups is 1. The number of hydrogen-bond acceptors (Lipinski definition) is 4. The van der Waals surface area contributed by atoms with Gasteiger partial charge in [0.05, 0.1) is 7.11 Å². The molecule has 2 heterocycles. The summed E-state index contributed by atoms with van der Waals surface area (Å²) in [6, 6.07) is 7.12. The van der Waals surface area contributed by atoms with Crippen LogP contribution in [0, 0.1) is 5.92 Å². The van der Waals surface area contributed by atoms with Crippen molar-refractivity contribution in [2.45, 2.75) is 38.6 Å². The van der Waals surface area contributed by atoms with E-state index >= 15 is 0 Å². The average Bonchev–Trinajstić information content (AvgIpc) is 3.18. The van der Waals surface area contributed by atoms with Crippen molar-refractivity contribution in [1.82, 2.24) is 25.1 Å². The number of hydrogen-bond donors (Lipinski definition) is 2. The van der Waals surface area contributed by atoms with Gasteiger partial charge in [-0.15, -0.1) is 0 Å². The fourth-order valence-electron chi connectivity index (χ4n) is 3.97. The number of ether oxygens (including phenoxy) is 1. The Morgan fingerprint density at radius 3 is 2.73 bits per heavy atom. The number of rotatable bonds is 9. The topological polar surface area (TPSA) is 71.4 Å². The molecule has 1 atom stereocenters. The van der Waals surface area contributed by atoms with E-state index in [2.05, 4.69) is 27.4 Å². The number of piperidine rings is 1. The molecule has 0 spiro atoms. The lowest BCUT2D eigenvalue weighted by atomic mass is 9.99. The SMILES string of the molecule is COc1ccccc1C(NC(=O)NCCCCN1CCC(C)CC1)c1nccn1C. The predicted molar refractivity (Wildman–Crippen MR) is 119 cm³/mol. The van der Waals surface area contributed by atoms with E-state index < -0.39 is 6.04 Å². The molecule has 3 rings (SSSR count). The molecule has 1 aromatic carbocycles. The molecule has 1 aliphatic rings. The summed E-state index contributed by atoms with van der Waals surface area (Å²) in [5, 5.41) is 6.07. The first-order valence-corrected chi connectivity index (χ1v) is 11.0. The number of methoxy groups -OCH3 is 1. The molecule has 1 saturated heterocycles. The van der Waals surface area contributed by atoms with Crippen molar-refractivity contribution in [3.63, 3.8) is 0 Å². The van der Waals surface area contributed by atoms with Gasteiger partial charge in [0.1, 0.15) is 17.6 Å². The third kappa shape index (κ3) is 5.98. The minimum Gasteiger partial charge on any atom is -0.496 e. The maximum atomic E-state index is 12.6. The molecule has 7 nitrogen and oxygen atoms in total. The van der Waals surface area contributed by atoms with E-state index in [-0.39, 0.29) is 6.03 Å². The van der Waals surface area contributed by atoms with Crippen LogP contribution < -0.4 is 15.4 Å². The van der Waals surface area contributed by atoms with E-state index in [0.717, 1.165) is 42.4 Å². The molecule has 0 aliphatic carbocycles. The van der Waals surface area contributed by atoms with E-state index in [1.807, 2.05) is 42.1 Å². The third-order valence-corrected chi connectivity index (χ3v) is 5.90. The molecular weight excluding hydrogens is 378 g/mol. The Kier molecular flexibility index (Phi) is 8.13. The van der Waals surface area contributed by atoms with Crippen LogP contribution in [0.3, 0.4) is 0 Å². The highest BCUT2D eigenvalue weighted by Crippen LogP contribution is 2.28. The summed E-state index contributed by atoms with van der Waals surface area (Å²) in [4.78, 5) is 19.6. The third-order valence-electron chi connectivity index (χ3n) is 5.90. The maximum absolute atomic E-state index is 12.6. The Hall–Kier alpha value is -2.54. The minimum absolute atomic E-state index is 0.194. The van der Waals surface area contributed by atoms with Crippen LogP contribution in [0.2, 0.25) is 0 Å².